The van der Waals surface area contributed by atoms with Crippen molar-refractivity contribution in [1.82, 2.24) is 0 Å². The van der Waals surface area contributed by atoms with E-state index in [4.69, 9.17) is 0 Å². The molecule has 0 aromatic carbocycles. The van der Waals surface area contributed by atoms with Gasteiger partial charge in [0.15, 0.2) is 0 Å². The molecule has 0 aliphatic heterocycles. The van der Waals surface area contributed by atoms with E-state index in [1.165, 1.54) is 11.8 Å². The number of likely N-dealkylation sites (N-methyl/N-ethyl adjacent to an activating group) is 1. The Morgan fingerprint density at radius 3 is 2.47 bits per heavy atom. The van der Waals surface area contributed by atoms with Gasteiger partial charge in [-0.25, -0.2) is 0 Å². The minimum atomic E-state index is -0.331. The van der Waals surface area contributed by atoms with Crippen LogP contribution >= 0.6 is 11.8 Å². The minimum Gasteiger partial charge on any atom is -1.00 e. The van der Waals surface area contributed by atoms with Gasteiger partial charge in [-0.1, -0.05) is 6.08 Å². The average molecular weight is 254 g/mol. The van der Waals surface area contributed by atoms with Crippen LogP contribution in [0.4, 0.5) is 0 Å². The molecule has 0 rings (SSSR count). The number of aliphatic hydroxyl groups is 1. The molecule has 15 heavy (non-hydrogen) atoms. The lowest BCUT2D eigenvalue weighted by Crippen LogP contribution is -3.00. The van der Waals surface area contributed by atoms with E-state index in [1.807, 2.05) is 21.0 Å². The first-order chi connectivity index (χ1) is 6.37. The first-order valence-electron chi connectivity index (χ1n) is 4.67. The maximum Gasteiger partial charge on any atom is 0.217 e. The largest absolute Gasteiger partial charge is 1.00 e. The number of carbonyl (C=O) groups is 1. The van der Waals surface area contributed by atoms with Gasteiger partial charge in [-0.15, -0.1) is 0 Å². The quantitative estimate of drug-likeness (QED) is 0.359. The molecular weight excluding hydrogens is 234 g/mol. The molecule has 1 N–H and O–H groups in total. The maximum absolute atomic E-state index is 11.2. The zero-order chi connectivity index (χ0) is 11.2. The zero-order valence-corrected chi connectivity index (χ0v) is 11.3. The highest BCUT2D eigenvalue weighted by atomic mass is 35.5. The normalized spacial score (nSPS) is 13.7. The Morgan fingerprint density at radius 2 is 2.07 bits per heavy atom. The van der Waals surface area contributed by atoms with Crippen molar-refractivity contribution < 1.29 is 26.8 Å². The number of hydrogen-bond acceptors (Lipinski definition) is 3. The minimum absolute atomic E-state index is 0. The van der Waals surface area contributed by atoms with E-state index in [1.54, 1.807) is 19.1 Å². The molecule has 0 amide bonds. The fourth-order valence-electron chi connectivity index (χ4n) is 1.19. The molecule has 1 unspecified atom stereocenters. The van der Waals surface area contributed by atoms with Gasteiger partial charge < -0.3 is 22.0 Å². The second kappa shape index (κ2) is 8.16. The van der Waals surface area contributed by atoms with Gasteiger partial charge in [0.25, 0.3) is 0 Å². The Hall–Kier alpha value is -0.0300. The molecule has 0 aromatic heterocycles. The first-order valence-corrected chi connectivity index (χ1v) is 5.65. The number of carbonyl (C=O) groups excluding carboxylic acids is 1. The van der Waals surface area contributed by atoms with Gasteiger partial charge in [-0.2, -0.15) is 0 Å². The Labute approximate surface area is 103 Å². The second-order valence-corrected chi connectivity index (χ2v) is 5.01. The Balaban J connectivity index is 0. The lowest BCUT2D eigenvalue weighted by molar-refractivity contribution is -0.880. The van der Waals surface area contributed by atoms with Crippen molar-refractivity contribution >= 4 is 16.9 Å². The number of hydrogen-bond donors (Lipinski definition) is 1. The van der Waals surface area contributed by atoms with E-state index in [-0.39, 0.29) is 23.6 Å². The summed E-state index contributed by atoms with van der Waals surface area (Å²) in [6, 6.07) is 0. The molecule has 0 spiro atoms. The second-order valence-electron chi connectivity index (χ2n) is 4.06. The Bertz CT molecular complexity index is 217. The number of thioether (sulfide) groups is 1. The highest BCUT2D eigenvalue weighted by Crippen LogP contribution is 2.11. The molecule has 0 bridgehead atoms. The van der Waals surface area contributed by atoms with Crippen molar-refractivity contribution in [3.8, 4) is 0 Å². The smallest absolute Gasteiger partial charge is 0.217 e. The fraction of sp³-hybridized carbons (Fsp3) is 0.700. The van der Waals surface area contributed by atoms with Crippen LogP contribution in [0.25, 0.3) is 0 Å². The summed E-state index contributed by atoms with van der Waals surface area (Å²) in [4.78, 5) is 11.2. The van der Waals surface area contributed by atoms with Crippen LogP contribution in [-0.2, 0) is 4.79 Å². The summed E-state index contributed by atoms with van der Waals surface area (Å²) in [5.41, 5.74) is 0. The van der Waals surface area contributed by atoms with E-state index >= 15 is 0 Å². The lowest BCUT2D eigenvalue weighted by atomic mass is 10.3. The fourth-order valence-corrected chi connectivity index (χ4v) is 2.00. The maximum atomic E-state index is 11.2. The molecule has 5 heteroatoms. The predicted octanol–water partition coefficient (Wildman–Crippen LogP) is -1.76. The Morgan fingerprint density at radius 1 is 1.53 bits per heavy atom. The van der Waals surface area contributed by atoms with Crippen LogP contribution < -0.4 is 12.4 Å². The van der Waals surface area contributed by atoms with Gasteiger partial charge in [-0.05, 0) is 31.7 Å². The van der Waals surface area contributed by atoms with Crippen molar-refractivity contribution in [3.63, 3.8) is 0 Å². The molecule has 0 heterocycles. The summed E-state index contributed by atoms with van der Waals surface area (Å²) in [6.07, 6.45) is 2.97. The first kappa shape index (κ1) is 17.4. The summed E-state index contributed by atoms with van der Waals surface area (Å²) >= 11 is 1.29. The summed E-state index contributed by atoms with van der Waals surface area (Å²) in [5.74, 6) is 0.689. The lowest BCUT2D eigenvalue weighted by Gasteiger charge is -2.29. The van der Waals surface area contributed by atoms with E-state index in [0.717, 1.165) is 0 Å². The van der Waals surface area contributed by atoms with Gasteiger partial charge in [0.2, 0.25) is 5.12 Å². The number of rotatable bonds is 5. The molecular formula is C10H20ClNO2S. The summed E-state index contributed by atoms with van der Waals surface area (Å²) in [6.45, 7) is 4.25. The van der Waals surface area contributed by atoms with Crippen LogP contribution in [0.3, 0.4) is 0 Å². The van der Waals surface area contributed by atoms with Crippen LogP contribution in [0, 0.1) is 0 Å². The molecule has 3 nitrogen and oxygen atoms in total. The molecule has 0 aliphatic carbocycles. The number of halogens is 1. The molecule has 1 atom stereocenters. The number of allylic oxidation sites excluding steroid dienone is 1. The summed E-state index contributed by atoms with van der Waals surface area (Å²) < 4.78 is 0.644. The molecule has 90 valence electrons. The van der Waals surface area contributed by atoms with Crippen molar-refractivity contribution in [3.05, 3.63) is 12.2 Å². The monoisotopic (exact) mass is 253 g/mol. The van der Waals surface area contributed by atoms with Crippen molar-refractivity contribution in [2.45, 2.75) is 20.0 Å². The highest BCUT2D eigenvalue weighted by molar-refractivity contribution is 8.13. The average Bonchev–Trinajstić information content (AvgIpc) is 1.99. The summed E-state index contributed by atoms with van der Waals surface area (Å²) in [7, 11) is 4.01. The molecule has 0 saturated heterocycles. The Kier molecular flexibility index (Phi) is 9.45. The zero-order valence-electron chi connectivity index (χ0n) is 9.74. The third kappa shape index (κ3) is 10.3. The number of aliphatic hydroxyl groups excluding tert-OH is 1. The van der Waals surface area contributed by atoms with Gasteiger partial charge >= 0.3 is 0 Å². The van der Waals surface area contributed by atoms with Crippen molar-refractivity contribution in [1.29, 1.82) is 0 Å². The van der Waals surface area contributed by atoms with Gasteiger partial charge in [0, 0.05) is 0 Å². The van der Waals surface area contributed by atoms with Crippen molar-refractivity contribution in [2.75, 3.05) is 26.5 Å². The SMILES string of the molecule is CC=CC(=O)SC[N+](C)(C)CC(C)O.[Cl-]. The number of nitrogens with zero attached hydrogens (tertiary/aromatic N) is 1. The van der Waals surface area contributed by atoms with Crippen molar-refractivity contribution in [2.24, 2.45) is 0 Å². The van der Waals surface area contributed by atoms with E-state index in [0.29, 0.717) is 16.9 Å². The molecule has 0 saturated carbocycles. The predicted molar refractivity (Wildman–Crippen MR) is 60.9 cm³/mol. The third-order valence-electron chi connectivity index (χ3n) is 1.62. The number of quaternary nitrogens is 1. The molecule has 0 fully saturated rings. The topological polar surface area (TPSA) is 37.3 Å². The van der Waals surface area contributed by atoms with Gasteiger partial charge in [0.1, 0.15) is 18.5 Å². The molecule has 0 aromatic rings. The van der Waals surface area contributed by atoms with Gasteiger partial charge in [0.05, 0.1) is 14.1 Å². The van der Waals surface area contributed by atoms with Crippen LogP contribution in [0.2, 0.25) is 0 Å². The van der Waals surface area contributed by atoms with Crippen LogP contribution in [0.5, 0.6) is 0 Å². The van der Waals surface area contributed by atoms with Gasteiger partial charge in [-0.3, -0.25) is 4.79 Å². The molecule has 0 radical (unpaired) electrons. The van der Waals surface area contributed by atoms with E-state index in [9.17, 15) is 9.90 Å². The highest BCUT2D eigenvalue weighted by Gasteiger charge is 2.18. The van der Waals surface area contributed by atoms with Crippen LogP contribution in [0.1, 0.15) is 13.8 Å². The van der Waals surface area contributed by atoms with E-state index in [2.05, 4.69) is 0 Å². The standard InChI is InChI=1S/C10H20NO2S.ClH/c1-5-6-10(13)14-8-11(3,4)7-9(2)12;/h5-6,9,12H,7-8H2,1-4H3;1H/q+1;/p-1. The van der Waals surface area contributed by atoms with E-state index < -0.39 is 0 Å². The third-order valence-corrected chi connectivity index (χ3v) is 2.87. The van der Waals surface area contributed by atoms with Crippen LogP contribution in [0.15, 0.2) is 12.2 Å². The summed E-state index contributed by atoms with van der Waals surface area (Å²) in [5, 5.41) is 9.31. The van der Waals surface area contributed by atoms with Crippen LogP contribution in [-0.4, -0.2) is 47.3 Å². The molecule has 0 aliphatic rings.